The van der Waals surface area contributed by atoms with Gasteiger partial charge in [0.1, 0.15) is 0 Å². The van der Waals surface area contributed by atoms with Crippen LogP contribution in [0.5, 0.6) is 0 Å². The second-order valence-electron chi connectivity index (χ2n) is 6.24. The molecule has 0 radical (unpaired) electrons. The van der Waals surface area contributed by atoms with Crippen molar-refractivity contribution in [3.8, 4) is 5.82 Å². The molecule has 2 N–H and O–H groups in total. The molecule has 3 aromatic heterocycles. The number of carbonyl (C=O) groups is 2. The third-order valence-corrected chi connectivity index (χ3v) is 4.14. The van der Waals surface area contributed by atoms with E-state index in [9.17, 15) is 14.4 Å². The molecule has 0 saturated heterocycles. The number of nitrogens with one attached hydrogen (secondary N) is 2. The van der Waals surface area contributed by atoms with Crippen molar-refractivity contribution in [2.45, 2.75) is 6.92 Å². The minimum atomic E-state index is -0.317. The number of rotatable bonds is 6. The molecule has 28 heavy (non-hydrogen) atoms. The third kappa shape index (κ3) is 4.32. The molecule has 0 aliphatic carbocycles. The molecule has 2 amide bonds. The topological polar surface area (TPSA) is 113 Å². The van der Waals surface area contributed by atoms with Gasteiger partial charge < -0.3 is 15.2 Å². The van der Waals surface area contributed by atoms with E-state index >= 15 is 0 Å². The van der Waals surface area contributed by atoms with Crippen LogP contribution in [-0.2, 0) is 0 Å². The van der Waals surface area contributed by atoms with Gasteiger partial charge in [-0.1, -0.05) is 6.07 Å². The van der Waals surface area contributed by atoms with E-state index in [0.717, 1.165) is 0 Å². The Morgan fingerprint density at radius 1 is 1.29 bits per heavy atom. The second kappa shape index (κ2) is 8.30. The lowest BCUT2D eigenvalue weighted by atomic mass is 10.2. The molecule has 9 heteroatoms. The number of aryl methyl sites for hydroxylation is 1. The fourth-order valence-corrected chi connectivity index (χ4v) is 2.54. The first-order chi connectivity index (χ1) is 13.5. The summed E-state index contributed by atoms with van der Waals surface area (Å²) in [7, 11) is 1.65. The van der Waals surface area contributed by atoms with Crippen LogP contribution in [0.25, 0.3) is 5.82 Å². The summed E-state index contributed by atoms with van der Waals surface area (Å²) in [5.74, 6) is 0.0900. The van der Waals surface area contributed by atoms with Gasteiger partial charge in [0, 0.05) is 44.3 Å². The van der Waals surface area contributed by atoms with Crippen LogP contribution in [-0.4, -0.2) is 56.6 Å². The molecule has 3 aromatic rings. The Labute approximate surface area is 161 Å². The van der Waals surface area contributed by atoms with E-state index in [1.165, 1.54) is 28.0 Å². The predicted molar refractivity (Wildman–Crippen MR) is 102 cm³/mol. The molecule has 0 aliphatic heterocycles. The number of hydrogen-bond acceptors (Lipinski definition) is 5. The summed E-state index contributed by atoms with van der Waals surface area (Å²) in [4.78, 5) is 44.2. The molecule has 0 saturated carbocycles. The number of pyridine rings is 2. The summed E-state index contributed by atoms with van der Waals surface area (Å²) >= 11 is 0. The van der Waals surface area contributed by atoms with E-state index in [4.69, 9.17) is 0 Å². The highest BCUT2D eigenvalue weighted by molar-refractivity contribution is 5.94. The maximum atomic E-state index is 12.5. The fourth-order valence-electron chi connectivity index (χ4n) is 2.54. The molecule has 0 spiro atoms. The molecule has 0 aromatic carbocycles. The van der Waals surface area contributed by atoms with Crippen LogP contribution in [0.3, 0.4) is 0 Å². The number of carbonyl (C=O) groups excluding carboxylic acids is 2. The summed E-state index contributed by atoms with van der Waals surface area (Å²) in [6, 6.07) is 6.95. The van der Waals surface area contributed by atoms with Crippen molar-refractivity contribution in [3.63, 3.8) is 0 Å². The van der Waals surface area contributed by atoms with Crippen LogP contribution in [0.2, 0.25) is 0 Å². The summed E-state index contributed by atoms with van der Waals surface area (Å²) < 4.78 is 1.53. The van der Waals surface area contributed by atoms with Gasteiger partial charge in [0.15, 0.2) is 5.82 Å². The number of aromatic nitrogens is 4. The van der Waals surface area contributed by atoms with Crippen molar-refractivity contribution >= 4 is 11.8 Å². The van der Waals surface area contributed by atoms with Crippen molar-refractivity contribution in [1.82, 2.24) is 30.0 Å². The largest absolute Gasteiger partial charge is 0.350 e. The number of aromatic amines is 1. The normalized spacial score (nSPS) is 10.5. The van der Waals surface area contributed by atoms with E-state index < -0.39 is 0 Å². The maximum Gasteiger partial charge on any atom is 0.256 e. The minimum absolute atomic E-state index is 0.212. The highest BCUT2D eigenvalue weighted by atomic mass is 16.2. The van der Waals surface area contributed by atoms with Gasteiger partial charge in [-0.3, -0.25) is 14.4 Å². The SMILES string of the molecule is Cc1cc(C(=O)NCCN(C)C(=O)c2cnn(-c3ccccn3)c2)c[nH]c1=O. The van der Waals surface area contributed by atoms with E-state index in [-0.39, 0.29) is 23.9 Å². The molecular formula is C19H20N6O3. The number of likely N-dealkylation sites (N-methyl/N-ethyl adjacent to an activating group) is 1. The molecule has 0 fully saturated rings. The highest BCUT2D eigenvalue weighted by Crippen LogP contribution is 2.07. The number of amides is 2. The minimum Gasteiger partial charge on any atom is -0.350 e. The number of H-pyrrole nitrogens is 1. The predicted octanol–water partition coefficient (Wildman–Crippen LogP) is 0.766. The van der Waals surface area contributed by atoms with Gasteiger partial charge in [-0.2, -0.15) is 5.10 Å². The summed E-state index contributed by atoms with van der Waals surface area (Å²) in [6.45, 7) is 2.22. The van der Waals surface area contributed by atoms with Gasteiger partial charge in [0.25, 0.3) is 17.4 Å². The molecular weight excluding hydrogens is 360 g/mol. The third-order valence-electron chi connectivity index (χ3n) is 4.14. The summed E-state index contributed by atoms with van der Waals surface area (Å²) in [6.07, 6.45) is 6.11. The molecule has 0 unspecified atom stereocenters. The average molecular weight is 380 g/mol. The lowest BCUT2D eigenvalue weighted by molar-refractivity contribution is 0.0787. The Kier molecular flexibility index (Phi) is 5.64. The monoisotopic (exact) mass is 380 g/mol. The van der Waals surface area contributed by atoms with Crippen LogP contribution >= 0.6 is 0 Å². The van der Waals surface area contributed by atoms with Crippen molar-refractivity contribution in [2.24, 2.45) is 0 Å². The van der Waals surface area contributed by atoms with Gasteiger partial charge in [0.05, 0.1) is 17.3 Å². The number of nitrogens with zero attached hydrogens (tertiary/aromatic N) is 4. The first-order valence-electron chi connectivity index (χ1n) is 8.65. The lowest BCUT2D eigenvalue weighted by Crippen LogP contribution is -2.36. The van der Waals surface area contributed by atoms with Crippen molar-refractivity contribution in [1.29, 1.82) is 0 Å². The van der Waals surface area contributed by atoms with E-state index in [1.54, 1.807) is 38.5 Å². The standard InChI is InChI=1S/C19H20N6O3/c1-13-9-14(10-22-17(13)26)18(27)21-7-8-24(2)19(28)15-11-23-25(12-15)16-5-3-4-6-20-16/h3-6,9-12H,7-8H2,1-2H3,(H,21,27)(H,22,26). The highest BCUT2D eigenvalue weighted by Gasteiger charge is 2.15. The zero-order valence-corrected chi connectivity index (χ0v) is 15.5. The van der Waals surface area contributed by atoms with Crippen molar-refractivity contribution in [3.05, 3.63) is 76.1 Å². The van der Waals surface area contributed by atoms with Gasteiger partial charge in [-0.15, -0.1) is 0 Å². The summed E-state index contributed by atoms with van der Waals surface area (Å²) in [5, 5.41) is 6.89. The molecule has 0 aliphatic rings. The quantitative estimate of drug-likeness (QED) is 0.656. The van der Waals surface area contributed by atoms with Crippen molar-refractivity contribution in [2.75, 3.05) is 20.1 Å². The smallest absolute Gasteiger partial charge is 0.256 e. The van der Waals surface area contributed by atoms with Crippen LogP contribution in [0, 0.1) is 6.92 Å². The van der Waals surface area contributed by atoms with Gasteiger partial charge >= 0.3 is 0 Å². The van der Waals surface area contributed by atoms with Gasteiger partial charge in [-0.25, -0.2) is 9.67 Å². The first kappa shape index (κ1) is 19.0. The van der Waals surface area contributed by atoms with E-state index in [2.05, 4.69) is 20.4 Å². The first-order valence-corrected chi connectivity index (χ1v) is 8.65. The molecule has 9 nitrogen and oxygen atoms in total. The second-order valence-corrected chi connectivity index (χ2v) is 6.24. The molecule has 144 valence electrons. The van der Waals surface area contributed by atoms with Crippen LogP contribution in [0.4, 0.5) is 0 Å². The molecule has 0 bridgehead atoms. The maximum absolute atomic E-state index is 12.5. The zero-order valence-electron chi connectivity index (χ0n) is 15.5. The lowest BCUT2D eigenvalue weighted by Gasteiger charge is -2.16. The zero-order chi connectivity index (χ0) is 20.1. The van der Waals surface area contributed by atoms with Crippen LogP contribution in [0.1, 0.15) is 26.3 Å². The van der Waals surface area contributed by atoms with Gasteiger partial charge in [-0.05, 0) is 25.1 Å². The Morgan fingerprint density at radius 3 is 2.82 bits per heavy atom. The average Bonchev–Trinajstić information content (AvgIpc) is 3.20. The fraction of sp³-hybridized carbons (Fsp3) is 0.211. The Balaban J connectivity index is 1.54. The number of hydrogen-bond donors (Lipinski definition) is 2. The Bertz CT molecular complexity index is 1040. The summed E-state index contributed by atoms with van der Waals surface area (Å²) in [5.41, 5.74) is 1.02. The van der Waals surface area contributed by atoms with E-state index in [1.807, 2.05) is 6.07 Å². The van der Waals surface area contributed by atoms with Crippen LogP contribution < -0.4 is 10.9 Å². The van der Waals surface area contributed by atoms with Crippen LogP contribution in [0.15, 0.2) is 53.8 Å². The molecule has 3 heterocycles. The molecule has 0 atom stereocenters. The molecule has 3 rings (SSSR count). The van der Waals surface area contributed by atoms with Gasteiger partial charge in [0.2, 0.25) is 0 Å². The van der Waals surface area contributed by atoms with Crippen molar-refractivity contribution < 1.29 is 9.59 Å². The Morgan fingerprint density at radius 2 is 2.11 bits per heavy atom. The van der Waals surface area contributed by atoms with E-state index in [0.29, 0.717) is 29.1 Å². The Hall–Kier alpha value is -3.75.